The zero-order chi connectivity index (χ0) is 16.3. The van der Waals surface area contributed by atoms with Gasteiger partial charge in [-0.3, -0.25) is 4.72 Å². The smallest absolute Gasteiger partial charge is 0.265 e. The molecule has 0 aliphatic rings. The monoisotopic (exact) mass is 385 g/mol. The van der Waals surface area contributed by atoms with Crippen molar-refractivity contribution in [3.63, 3.8) is 0 Å². The summed E-state index contributed by atoms with van der Waals surface area (Å²) in [6.07, 6.45) is 0. The molecule has 0 heterocycles. The second-order valence-electron chi connectivity index (χ2n) is 4.64. The predicted molar refractivity (Wildman–Crippen MR) is 89.2 cm³/mol. The SMILES string of the molecule is COc1ccc(OC)c(S(=O)(=O)Nc2cc(C)cc(Br)c2)c1. The number of halogens is 1. The molecule has 7 heteroatoms. The quantitative estimate of drug-likeness (QED) is 0.853. The van der Waals surface area contributed by atoms with Gasteiger partial charge >= 0.3 is 0 Å². The number of rotatable bonds is 5. The van der Waals surface area contributed by atoms with Gasteiger partial charge < -0.3 is 9.47 Å². The molecular formula is C15H16BrNO4S. The van der Waals surface area contributed by atoms with Crippen molar-refractivity contribution >= 4 is 31.6 Å². The Kier molecular flexibility index (Phi) is 4.97. The van der Waals surface area contributed by atoms with Gasteiger partial charge in [-0.05, 0) is 42.8 Å². The van der Waals surface area contributed by atoms with E-state index in [-0.39, 0.29) is 10.6 Å². The minimum atomic E-state index is -3.80. The number of sulfonamides is 1. The van der Waals surface area contributed by atoms with Crippen molar-refractivity contribution < 1.29 is 17.9 Å². The lowest BCUT2D eigenvalue weighted by molar-refractivity contribution is 0.392. The topological polar surface area (TPSA) is 64.6 Å². The lowest BCUT2D eigenvalue weighted by Crippen LogP contribution is -2.14. The van der Waals surface area contributed by atoms with Crippen LogP contribution >= 0.6 is 15.9 Å². The van der Waals surface area contributed by atoms with Crippen LogP contribution in [0.4, 0.5) is 5.69 Å². The maximum atomic E-state index is 12.6. The Morgan fingerprint density at radius 1 is 1.05 bits per heavy atom. The average molecular weight is 386 g/mol. The molecule has 0 aliphatic heterocycles. The molecule has 0 spiro atoms. The third-order valence-electron chi connectivity index (χ3n) is 2.95. The van der Waals surface area contributed by atoms with Crippen molar-refractivity contribution in [1.29, 1.82) is 0 Å². The van der Waals surface area contributed by atoms with Gasteiger partial charge in [0.05, 0.1) is 19.9 Å². The summed E-state index contributed by atoms with van der Waals surface area (Å²) in [5, 5.41) is 0. The number of anilines is 1. The van der Waals surface area contributed by atoms with Crippen LogP contribution in [0.1, 0.15) is 5.56 Å². The Labute approximate surface area is 138 Å². The van der Waals surface area contributed by atoms with Crippen molar-refractivity contribution in [2.45, 2.75) is 11.8 Å². The number of ether oxygens (including phenoxy) is 2. The first kappa shape index (κ1) is 16.6. The fourth-order valence-electron chi connectivity index (χ4n) is 2.00. The molecule has 118 valence electrons. The van der Waals surface area contributed by atoms with Crippen LogP contribution in [0, 0.1) is 6.92 Å². The summed E-state index contributed by atoms with van der Waals surface area (Å²) in [5.41, 5.74) is 1.40. The first-order valence-electron chi connectivity index (χ1n) is 6.38. The van der Waals surface area contributed by atoms with E-state index in [9.17, 15) is 8.42 Å². The van der Waals surface area contributed by atoms with Crippen LogP contribution in [0.3, 0.4) is 0 Å². The summed E-state index contributed by atoms with van der Waals surface area (Å²) < 4.78 is 38.8. The van der Waals surface area contributed by atoms with E-state index in [1.165, 1.54) is 20.3 Å². The van der Waals surface area contributed by atoms with Crippen LogP contribution in [-0.2, 0) is 10.0 Å². The largest absolute Gasteiger partial charge is 0.497 e. The molecule has 0 unspecified atom stereocenters. The third kappa shape index (κ3) is 3.72. The van der Waals surface area contributed by atoms with Crippen LogP contribution in [0.5, 0.6) is 11.5 Å². The standard InChI is InChI=1S/C15H16BrNO4S/c1-10-6-11(16)8-12(7-10)17-22(18,19)15-9-13(20-2)4-5-14(15)21-3/h4-9,17H,1-3H3. The molecule has 0 aliphatic carbocycles. The zero-order valence-electron chi connectivity index (χ0n) is 12.4. The highest BCUT2D eigenvalue weighted by atomic mass is 79.9. The van der Waals surface area contributed by atoms with Gasteiger partial charge in [-0.25, -0.2) is 8.42 Å². The van der Waals surface area contributed by atoms with E-state index < -0.39 is 10.0 Å². The molecule has 0 saturated carbocycles. The van der Waals surface area contributed by atoms with Crippen LogP contribution in [0.25, 0.3) is 0 Å². The van der Waals surface area contributed by atoms with E-state index >= 15 is 0 Å². The molecule has 0 radical (unpaired) electrons. The molecule has 0 saturated heterocycles. The second kappa shape index (κ2) is 6.58. The Hall–Kier alpha value is -1.73. The molecule has 0 atom stereocenters. The molecule has 5 nitrogen and oxygen atoms in total. The molecule has 2 rings (SSSR count). The number of aryl methyl sites for hydroxylation is 1. The Bertz CT molecular complexity index is 770. The zero-order valence-corrected chi connectivity index (χ0v) is 14.8. The summed E-state index contributed by atoms with van der Waals surface area (Å²) in [6.45, 7) is 1.88. The predicted octanol–water partition coefficient (Wildman–Crippen LogP) is 3.58. The van der Waals surface area contributed by atoms with Gasteiger partial charge in [-0.1, -0.05) is 15.9 Å². The normalized spacial score (nSPS) is 11.1. The first-order valence-corrected chi connectivity index (χ1v) is 8.65. The van der Waals surface area contributed by atoms with Gasteiger partial charge in [0.15, 0.2) is 0 Å². The van der Waals surface area contributed by atoms with E-state index in [0.717, 1.165) is 10.0 Å². The molecule has 2 aromatic carbocycles. The molecule has 1 N–H and O–H groups in total. The van der Waals surface area contributed by atoms with Crippen molar-refractivity contribution in [3.05, 3.63) is 46.4 Å². The van der Waals surface area contributed by atoms with Gasteiger partial charge in [-0.2, -0.15) is 0 Å². The lowest BCUT2D eigenvalue weighted by Gasteiger charge is -2.13. The van der Waals surface area contributed by atoms with Crippen LogP contribution in [-0.4, -0.2) is 22.6 Å². The summed E-state index contributed by atoms with van der Waals surface area (Å²) in [6, 6.07) is 9.95. The second-order valence-corrected chi connectivity index (χ2v) is 7.21. The summed E-state index contributed by atoms with van der Waals surface area (Å²) in [5.74, 6) is 0.687. The van der Waals surface area contributed by atoms with Crippen molar-refractivity contribution in [2.75, 3.05) is 18.9 Å². The van der Waals surface area contributed by atoms with Gasteiger partial charge in [0.1, 0.15) is 16.4 Å². The summed E-state index contributed by atoms with van der Waals surface area (Å²) in [7, 11) is -0.902. The minimum Gasteiger partial charge on any atom is -0.497 e. The van der Waals surface area contributed by atoms with Crippen molar-refractivity contribution in [2.24, 2.45) is 0 Å². The number of hydrogen-bond donors (Lipinski definition) is 1. The molecule has 0 bridgehead atoms. The van der Waals surface area contributed by atoms with E-state index in [1.807, 2.05) is 13.0 Å². The average Bonchev–Trinajstić information content (AvgIpc) is 2.44. The fraction of sp³-hybridized carbons (Fsp3) is 0.200. The molecular weight excluding hydrogens is 370 g/mol. The van der Waals surface area contributed by atoms with Crippen LogP contribution < -0.4 is 14.2 Å². The Morgan fingerprint density at radius 2 is 1.77 bits per heavy atom. The Balaban J connectivity index is 2.46. The lowest BCUT2D eigenvalue weighted by atomic mass is 10.2. The number of nitrogens with one attached hydrogen (secondary N) is 1. The molecule has 2 aromatic rings. The highest BCUT2D eigenvalue weighted by Crippen LogP contribution is 2.30. The van der Waals surface area contributed by atoms with E-state index in [4.69, 9.17) is 9.47 Å². The number of benzene rings is 2. The van der Waals surface area contributed by atoms with Gasteiger partial charge in [0.25, 0.3) is 10.0 Å². The summed E-state index contributed by atoms with van der Waals surface area (Å²) >= 11 is 3.35. The maximum absolute atomic E-state index is 12.6. The van der Waals surface area contributed by atoms with Gasteiger partial charge in [0.2, 0.25) is 0 Å². The number of hydrogen-bond acceptors (Lipinski definition) is 4. The molecule has 0 amide bonds. The maximum Gasteiger partial charge on any atom is 0.265 e. The fourth-order valence-corrected chi connectivity index (χ4v) is 3.83. The van der Waals surface area contributed by atoms with E-state index in [2.05, 4.69) is 20.7 Å². The first-order chi connectivity index (χ1) is 10.4. The van der Waals surface area contributed by atoms with E-state index in [1.54, 1.807) is 24.3 Å². The summed E-state index contributed by atoms with van der Waals surface area (Å²) in [4.78, 5) is 0.0204. The minimum absolute atomic E-state index is 0.0204. The van der Waals surface area contributed by atoms with Crippen LogP contribution in [0.2, 0.25) is 0 Å². The molecule has 0 aromatic heterocycles. The van der Waals surface area contributed by atoms with Gasteiger partial charge in [-0.15, -0.1) is 0 Å². The van der Waals surface area contributed by atoms with Crippen LogP contribution in [0.15, 0.2) is 45.8 Å². The third-order valence-corrected chi connectivity index (χ3v) is 4.81. The molecule has 22 heavy (non-hydrogen) atoms. The Morgan fingerprint density at radius 3 is 2.36 bits per heavy atom. The highest BCUT2D eigenvalue weighted by Gasteiger charge is 2.21. The van der Waals surface area contributed by atoms with E-state index in [0.29, 0.717) is 11.4 Å². The van der Waals surface area contributed by atoms with Crippen molar-refractivity contribution in [1.82, 2.24) is 0 Å². The number of methoxy groups -OCH3 is 2. The van der Waals surface area contributed by atoms with Gasteiger partial charge in [0, 0.05) is 10.5 Å². The molecule has 0 fully saturated rings. The highest BCUT2D eigenvalue weighted by molar-refractivity contribution is 9.10. The van der Waals surface area contributed by atoms with Crippen molar-refractivity contribution in [3.8, 4) is 11.5 Å².